The number of alkyl carbamates (subject to hydrolysis) is 1. The summed E-state index contributed by atoms with van der Waals surface area (Å²) in [5, 5.41) is 11.3. The van der Waals surface area contributed by atoms with E-state index >= 15 is 0 Å². The Kier molecular flexibility index (Phi) is 6.88. The molecule has 0 heterocycles. The van der Waals surface area contributed by atoms with E-state index in [0.29, 0.717) is 0 Å². The minimum atomic E-state index is -1.21. The molecule has 22 heavy (non-hydrogen) atoms. The number of carbonyl (C=O) groups is 3. The van der Waals surface area contributed by atoms with Gasteiger partial charge in [0.2, 0.25) is 5.91 Å². The first kappa shape index (κ1) is 17.5. The SMILES string of the molecule is CN(C)C(=O)CC[C@@H](NC(=O)OCc1ccccc1)C(=O)O. The molecule has 0 aromatic heterocycles. The number of amides is 2. The highest BCUT2D eigenvalue weighted by molar-refractivity contribution is 5.81. The molecule has 0 bridgehead atoms. The summed E-state index contributed by atoms with van der Waals surface area (Å²) >= 11 is 0. The van der Waals surface area contributed by atoms with Gasteiger partial charge in [-0.2, -0.15) is 0 Å². The van der Waals surface area contributed by atoms with Crippen LogP contribution in [0, 0.1) is 0 Å². The Morgan fingerprint density at radius 3 is 2.41 bits per heavy atom. The van der Waals surface area contributed by atoms with Gasteiger partial charge >= 0.3 is 12.1 Å². The molecule has 0 aliphatic heterocycles. The molecule has 7 heteroatoms. The predicted octanol–water partition coefficient (Wildman–Crippen LogP) is 1.23. The second kappa shape index (κ2) is 8.66. The maximum absolute atomic E-state index is 11.6. The van der Waals surface area contributed by atoms with Gasteiger partial charge in [0, 0.05) is 20.5 Å². The van der Waals surface area contributed by atoms with Gasteiger partial charge in [0.05, 0.1) is 0 Å². The topological polar surface area (TPSA) is 95.9 Å². The van der Waals surface area contributed by atoms with Gasteiger partial charge in [0.1, 0.15) is 12.6 Å². The molecule has 0 spiro atoms. The van der Waals surface area contributed by atoms with Gasteiger partial charge in [-0.25, -0.2) is 9.59 Å². The smallest absolute Gasteiger partial charge is 0.408 e. The number of hydrogen-bond donors (Lipinski definition) is 2. The molecular weight excluding hydrogens is 288 g/mol. The lowest BCUT2D eigenvalue weighted by Gasteiger charge is -2.16. The first-order chi connectivity index (χ1) is 10.4. The monoisotopic (exact) mass is 308 g/mol. The van der Waals surface area contributed by atoms with Gasteiger partial charge in [-0.05, 0) is 12.0 Å². The van der Waals surface area contributed by atoms with E-state index in [9.17, 15) is 14.4 Å². The Labute approximate surface area is 128 Å². The molecule has 120 valence electrons. The van der Waals surface area contributed by atoms with Crippen LogP contribution in [0.1, 0.15) is 18.4 Å². The predicted molar refractivity (Wildman–Crippen MR) is 79.1 cm³/mol. The standard InChI is InChI=1S/C15H20N2O5/c1-17(2)13(18)9-8-12(14(19)20)16-15(21)22-10-11-6-4-3-5-7-11/h3-7,12H,8-10H2,1-2H3,(H,16,21)(H,19,20)/t12-/m1/s1. The summed E-state index contributed by atoms with van der Waals surface area (Å²) in [6.45, 7) is 0.0512. The van der Waals surface area contributed by atoms with Crippen molar-refractivity contribution < 1.29 is 24.2 Å². The number of nitrogens with zero attached hydrogens (tertiary/aromatic N) is 1. The van der Waals surface area contributed by atoms with Crippen molar-refractivity contribution in [3.8, 4) is 0 Å². The lowest BCUT2D eigenvalue weighted by molar-refractivity contribution is -0.139. The number of carboxylic acid groups (broad SMARTS) is 1. The highest BCUT2D eigenvalue weighted by Crippen LogP contribution is 2.03. The fourth-order valence-corrected chi connectivity index (χ4v) is 1.66. The zero-order chi connectivity index (χ0) is 16.5. The molecule has 7 nitrogen and oxygen atoms in total. The van der Waals surface area contributed by atoms with Crippen molar-refractivity contribution in [1.29, 1.82) is 0 Å². The van der Waals surface area contributed by atoms with E-state index in [1.807, 2.05) is 18.2 Å². The number of ether oxygens (including phenoxy) is 1. The van der Waals surface area contributed by atoms with Crippen LogP contribution < -0.4 is 5.32 Å². The van der Waals surface area contributed by atoms with E-state index in [4.69, 9.17) is 9.84 Å². The third kappa shape index (κ3) is 6.25. The Hall–Kier alpha value is -2.57. The summed E-state index contributed by atoms with van der Waals surface area (Å²) in [4.78, 5) is 35.5. The Morgan fingerprint density at radius 2 is 1.86 bits per heavy atom. The fraction of sp³-hybridized carbons (Fsp3) is 0.400. The molecule has 0 radical (unpaired) electrons. The molecule has 1 rings (SSSR count). The van der Waals surface area contributed by atoms with Crippen molar-refractivity contribution in [2.75, 3.05) is 14.1 Å². The van der Waals surface area contributed by atoms with Gasteiger partial charge in [-0.3, -0.25) is 4.79 Å². The van der Waals surface area contributed by atoms with E-state index in [1.165, 1.54) is 4.90 Å². The molecule has 0 saturated heterocycles. The summed E-state index contributed by atoms with van der Waals surface area (Å²) in [7, 11) is 3.17. The number of aliphatic carboxylic acids is 1. The lowest BCUT2D eigenvalue weighted by atomic mass is 10.1. The second-order valence-corrected chi connectivity index (χ2v) is 4.92. The molecule has 1 aromatic carbocycles. The Bertz CT molecular complexity index is 516. The number of carbonyl (C=O) groups excluding carboxylic acids is 2. The number of rotatable bonds is 7. The third-order valence-electron chi connectivity index (χ3n) is 2.95. The van der Waals surface area contributed by atoms with Crippen LogP contribution in [0.2, 0.25) is 0 Å². The summed E-state index contributed by atoms with van der Waals surface area (Å²) in [5.41, 5.74) is 0.798. The first-order valence-corrected chi connectivity index (χ1v) is 6.80. The second-order valence-electron chi connectivity index (χ2n) is 4.92. The molecular formula is C15H20N2O5. The third-order valence-corrected chi connectivity index (χ3v) is 2.95. The Balaban J connectivity index is 2.43. The van der Waals surface area contributed by atoms with Crippen LogP contribution in [0.4, 0.5) is 4.79 Å². The van der Waals surface area contributed by atoms with Crippen molar-refractivity contribution in [2.45, 2.75) is 25.5 Å². The Morgan fingerprint density at radius 1 is 1.23 bits per heavy atom. The van der Waals surface area contributed by atoms with Crippen LogP contribution in [-0.2, 0) is 20.9 Å². The minimum Gasteiger partial charge on any atom is -0.480 e. The highest BCUT2D eigenvalue weighted by Gasteiger charge is 2.22. The average molecular weight is 308 g/mol. The average Bonchev–Trinajstić information content (AvgIpc) is 2.49. The van der Waals surface area contributed by atoms with Crippen molar-refractivity contribution >= 4 is 18.0 Å². The van der Waals surface area contributed by atoms with E-state index in [1.54, 1.807) is 26.2 Å². The lowest BCUT2D eigenvalue weighted by Crippen LogP contribution is -2.41. The highest BCUT2D eigenvalue weighted by atomic mass is 16.5. The van der Waals surface area contributed by atoms with Crippen molar-refractivity contribution in [1.82, 2.24) is 10.2 Å². The molecule has 1 aromatic rings. The van der Waals surface area contributed by atoms with Crippen molar-refractivity contribution in [3.63, 3.8) is 0 Å². The summed E-state index contributed by atoms with van der Waals surface area (Å²) in [5.74, 6) is -1.41. The van der Waals surface area contributed by atoms with Crippen LogP contribution in [0.25, 0.3) is 0 Å². The normalized spacial score (nSPS) is 11.4. The quantitative estimate of drug-likeness (QED) is 0.790. The van der Waals surface area contributed by atoms with Crippen LogP contribution in [0.3, 0.4) is 0 Å². The van der Waals surface area contributed by atoms with E-state index in [0.717, 1.165) is 5.56 Å². The van der Waals surface area contributed by atoms with Gasteiger partial charge < -0.3 is 20.1 Å². The number of benzene rings is 1. The zero-order valence-electron chi connectivity index (χ0n) is 12.6. The maximum atomic E-state index is 11.6. The number of nitrogens with one attached hydrogen (secondary N) is 1. The van der Waals surface area contributed by atoms with Crippen LogP contribution >= 0.6 is 0 Å². The van der Waals surface area contributed by atoms with Gasteiger partial charge in [-0.1, -0.05) is 30.3 Å². The molecule has 0 aliphatic carbocycles. The zero-order valence-corrected chi connectivity index (χ0v) is 12.6. The maximum Gasteiger partial charge on any atom is 0.408 e. The molecule has 2 amide bonds. The van der Waals surface area contributed by atoms with Crippen LogP contribution in [-0.4, -0.2) is 48.1 Å². The van der Waals surface area contributed by atoms with Crippen LogP contribution in [0.15, 0.2) is 30.3 Å². The van der Waals surface area contributed by atoms with E-state index < -0.39 is 18.1 Å². The fourth-order valence-electron chi connectivity index (χ4n) is 1.66. The number of hydrogen-bond acceptors (Lipinski definition) is 4. The van der Waals surface area contributed by atoms with Gasteiger partial charge in [-0.15, -0.1) is 0 Å². The molecule has 1 atom stereocenters. The number of carboxylic acids is 1. The molecule has 0 aliphatic rings. The van der Waals surface area contributed by atoms with E-state index in [2.05, 4.69) is 5.32 Å². The van der Waals surface area contributed by atoms with Crippen LogP contribution in [0.5, 0.6) is 0 Å². The van der Waals surface area contributed by atoms with Crippen molar-refractivity contribution in [2.24, 2.45) is 0 Å². The molecule has 0 saturated carbocycles. The largest absolute Gasteiger partial charge is 0.480 e. The summed E-state index contributed by atoms with van der Waals surface area (Å²) in [6.07, 6.45) is -0.788. The molecule has 2 N–H and O–H groups in total. The van der Waals surface area contributed by atoms with Gasteiger partial charge in [0.15, 0.2) is 0 Å². The van der Waals surface area contributed by atoms with Gasteiger partial charge in [0.25, 0.3) is 0 Å². The van der Waals surface area contributed by atoms with E-state index in [-0.39, 0.29) is 25.4 Å². The summed E-state index contributed by atoms with van der Waals surface area (Å²) in [6, 6.07) is 7.88. The van der Waals surface area contributed by atoms with Crippen molar-refractivity contribution in [3.05, 3.63) is 35.9 Å². The molecule has 0 fully saturated rings. The minimum absolute atomic E-state index is 0.00673. The summed E-state index contributed by atoms with van der Waals surface area (Å²) < 4.78 is 4.95. The first-order valence-electron chi connectivity index (χ1n) is 6.80. The molecule has 0 unspecified atom stereocenters.